The first kappa shape index (κ1) is 16.6. The fourth-order valence-corrected chi connectivity index (χ4v) is 3.66. The summed E-state index contributed by atoms with van der Waals surface area (Å²) in [5.74, 6) is -0.252. The third-order valence-corrected chi connectivity index (χ3v) is 5.25. The molecule has 3 nitrogen and oxygen atoms in total. The highest BCUT2D eigenvalue weighted by molar-refractivity contribution is 9.10. The fraction of sp³-hybridized carbons (Fsp3) is 0. The minimum absolute atomic E-state index is 0.134. The zero-order valence-corrected chi connectivity index (χ0v) is 15.4. The fourth-order valence-electron chi connectivity index (χ4n) is 2.09. The predicted octanol–water partition coefficient (Wildman–Crippen LogP) is 5.81. The first-order chi connectivity index (χ1) is 11.0. The SMILES string of the molecule is N=C1S/C(=C\c2cccc(Br)c2)C(=O)N1c1ccc(Cl)c(Cl)c1. The highest BCUT2D eigenvalue weighted by Crippen LogP contribution is 2.37. The summed E-state index contributed by atoms with van der Waals surface area (Å²) in [6.45, 7) is 0. The lowest BCUT2D eigenvalue weighted by molar-refractivity contribution is -0.113. The number of halogens is 3. The number of rotatable bonds is 2. The molecule has 0 spiro atoms. The Bertz CT molecular complexity index is 854. The van der Waals surface area contributed by atoms with E-state index in [0.29, 0.717) is 20.6 Å². The molecule has 0 saturated carbocycles. The van der Waals surface area contributed by atoms with Gasteiger partial charge in [0.1, 0.15) is 0 Å². The summed E-state index contributed by atoms with van der Waals surface area (Å²) in [7, 11) is 0. The van der Waals surface area contributed by atoms with Crippen molar-refractivity contribution in [1.82, 2.24) is 0 Å². The molecule has 0 radical (unpaired) electrons. The number of nitrogens with zero attached hydrogens (tertiary/aromatic N) is 1. The number of anilines is 1. The van der Waals surface area contributed by atoms with Crippen molar-refractivity contribution in [3.05, 3.63) is 67.5 Å². The molecule has 2 aromatic rings. The average molecular weight is 428 g/mol. The lowest BCUT2D eigenvalue weighted by Gasteiger charge is -2.14. The standard InChI is InChI=1S/C16H9BrCl2N2OS/c17-10-3-1-2-9(6-10)7-14-15(22)21(16(20)23-14)11-4-5-12(18)13(19)8-11/h1-8,20H/b14-7-,20-16?. The summed E-state index contributed by atoms with van der Waals surface area (Å²) in [6.07, 6.45) is 1.77. The maximum absolute atomic E-state index is 12.6. The molecule has 0 aromatic heterocycles. The Morgan fingerprint density at radius 2 is 1.91 bits per heavy atom. The molecular formula is C16H9BrCl2N2OS. The molecule has 0 aliphatic carbocycles. The van der Waals surface area contributed by atoms with Gasteiger partial charge in [-0.1, -0.05) is 51.3 Å². The lowest BCUT2D eigenvalue weighted by Crippen LogP contribution is -2.28. The van der Waals surface area contributed by atoms with Gasteiger partial charge in [0.2, 0.25) is 0 Å². The molecule has 3 rings (SSSR count). The van der Waals surface area contributed by atoms with Crippen molar-refractivity contribution < 1.29 is 4.79 Å². The van der Waals surface area contributed by atoms with E-state index in [1.807, 2.05) is 24.3 Å². The van der Waals surface area contributed by atoms with Gasteiger partial charge in [-0.25, -0.2) is 0 Å². The van der Waals surface area contributed by atoms with E-state index in [9.17, 15) is 4.79 Å². The first-order valence-corrected chi connectivity index (χ1v) is 8.85. The van der Waals surface area contributed by atoms with Crippen molar-refractivity contribution in [3.8, 4) is 0 Å². The van der Waals surface area contributed by atoms with Gasteiger partial charge in [-0.3, -0.25) is 15.1 Å². The van der Waals surface area contributed by atoms with E-state index in [1.165, 1.54) is 4.90 Å². The molecule has 1 aliphatic rings. The summed E-state index contributed by atoms with van der Waals surface area (Å²) in [5.41, 5.74) is 1.42. The van der Waals surface area contributed by atoms with Crippen LogP contribution in [0.5, 0.6) is 0 Å². The molecular weight excluding hydrogens is 419 g/mol. The smallest absolute Gasteiger partial charge is 0.271 e. The van der Waals surface area contributed by atoms with E-state index in [4.69, 9.17) is 28.6 Å². The van der Waals surface area contributed by atoms with Crippen LogP contribution in [0.4, 0.5) is 5.69 Å². The number of hydrogen-bond donors (Lipinski definition) is 1. The van der Waals surface area contributed by atoms with Crippen LogP contribution in [0.25, 0.3) is 6.08 Å². The molecule has 7 heteroatoms. The molecule has 0 atom stereocenters. The highest BCUT2D eigenvalue weighted by Gasteiger charge is 2.33. The quantitative estimate of drug-likeness (QED) is 0.614. The first-order valence-electron chi connectivity index (χ1n) is 6.49. The van der Waals surface area contributed by atoms with Gasteiger partial charge in [-0.05, 0) is 53.7 Å². The molecule has 1 saturated heterocycles. The summed E-state index contributed by atoms with van der Waals surface area (Å²) in [4.78, 5) is 14.4. The largest absolute Gasteiger partial charge is 0.278 e. The average Bonchev–Trinajstić information content (AvgIpc) is 2.77. The second kappa shape index (κ2) is 6.69. The third kappa shape index (κ3) is 3.48. The van der Waals surface area contributed by atoms with Crippen LogP contribution in [0.1, 0.15) is 5.56 Å². The van der Waals surface area contributed by atoms with Gasteiger partial charge in [0.15, 0.2) is 5.17 Å². The Labute approximate surface area is 155 Å². The number of nitrogens with one attached hydrogen (secondary N) is 1. The van der Waals surface area contributed by atoms with E-state index >= 15 is 0 Å². The lowest BCUT2D eigenvalue weighted by atomic mass is 10.2. The molecule has 1 amide bonds. The molecule has 1 fully saturated rings. The predicted molar refractivity (Wildman–Crippen MR) is 101 cm³/mol. The second-order valence-corrected chi connectivity index (χ2v) is 7.47. The topological polar surface area (TPSA) is 44.2 Å². The molecule has 116 valence electrons. The van der Waals surface area contributed by atoms with Crippen LogP contribution in [0.2, 0.25) is 10.0 Å². The number of amidine groups is 1. The maximum atomic E-state index is 12.6. The summed E-state index contributed by atoms with van der Waals surface area (Å²) < 4.78 is 0.929. The number of hydrogen-bond acceptors (Lipinski definition) is 3. The van der Waals surface area contributed by atoms with Gasteiger partial charge >= 0.3 is 0 Å². The van der Waals surface area contributed by atoms with E-state index in [2.05, 4.69) is 15.9 Å². The Hall–Kier alpha value is -1.27. The molecule has 2 aromatic carbocycles. The van der Waals surface area contributed by atoms with Gasteiger partial charge in [-0.15, -0.1) is 0 Å². The van der Waals surface area contributed by atoms with Crippen molar-refractivity contribution in [3.63, 3.8) is 0 Å². The minimum atomic E-state index is -0.252. The molecule has 0 unspecified atom stereocenters. The Balaban J connectivity index is 1.95. The van der Waals surface area contributed by atoms with Gasteiger partial charge < -0.3 is 0 Å². The van der Waals surface area contributed by atoms with Crippen LogP contribution >= 0.6 is 50.9 Å². The van der Waals surface area contributed by atoms with Gasteiger partial charge in [-0.2, -0.15) is 0 Å². The number of amides is 1. The maximum Gasteiger partial charge on any atom is 0.271 e. The van der Waals surface area contributed by atoms with Gasteiger partial charge in [0.25, 0.3) is 5.91 Å². The molecule has 1 N–H and O–H groups in total. The van der Waals surface area contributed by atoms with Gasteiger partial charge in [0, 0.05) is 4.47 Å². The monoisotopic (exact) mass is 426 g/mol. The number of carbonyl (C=O) groups excluding carboxylic acids is 1. The summed E-state index contributed by atoms with van der Waals surface area (Å²) >= 11 is 16.4. The van der Waals surface area contributed by atoms with E-state index in [1.54, 1.807) is 24.3 Å². The van der Waals surface area contributed by atoms with Crippen LogP contribution in [-0.4, -0.2) is 11.1 Å². The Morgan fingerprint density at radius 1 is 1.13 bits per heavy atom. The Morgan fingerprint density at radius 3 is 2.61 bits per heavy atom. The third-order valence-electron chi connectivity index (χ3n) is 3.13. The van der Waals surface area contributed by atoms with E-state index in [0.717, 1.165) is 21.8 Å². The minimum Gasteiger partial charge on any atom is -0.278 e. The molecule has 1 heterocycles. The van der Waals surface area contributed by atoms with Gasteiger partial charge in [0.05, 0.1) is 20.6 Å². The molecule has 1 aliphatic heterocycles. The van der Waals surface area contributed by atoms with Crippen molar-refractivity contribution >= 4 is 73.7 Å². The van der Waals surface area contributed by atoms with Crippen molar-refractivity contribution in [2.24, 2.45) is 0 Å². The van der Waals surface area contributed by atoms with Crippen LogP contribution in [0, 0.1) is 5.41 Å². The normalized spacial score (nSPS) is 16.5. The van der Waals surface area contributed by atoms with Crippen LogP contribution in [0.15, 0.2) is 51.8 Å². The summed E-state index contributed by atoms with van der Waals surface area (Å²) in [6, 6.07) is 12.5. The van der Waals surface area contributed by atoms with E-state index < -0.39 is 0 Å². The zero-order chi connectivity index (χ0) is 16.6. The van der Waals surface area contributed by atoms with Crippen molar-refractivity contribution in [2.75, 3.05) is 4.90 Å². The number of benzene rings is 2. The Kier molecular flexibility index (Phi) is 4.82. The summed E-state index contributed by atoms with van der Waals surface area (Å²) in [5, 5.41) is 8.97. The van der Waals surface area contributed by atoms with Crippen molar-refractivity contribution in [2.45, 2.75) is 0 Å². The van der Waals surface area contributed by atoms with Crippen LogP contribution in [0.3, 0.4) is 0 Å². The molecule has 23 heavy (non-hydrogen) atoms. The van der Waals surface area contributed by atoms with Crippen LogP contribution in [-0.2, 0) is 4.79 Å². The van der Waals surface area contributed by atoms with Crippen LogP contribution < -0.4 is 4.90 Å². The number of thioether (sulfide) groups is 1. The molecule has 0 bridgehead atoms. The highest BCUT2D eigenvalue weighted by atomic mass is 79.9. The number of carbonyl (C=O) groups is 1. The van der Waals surface area contributed by atoms with Crippen molar-refractivity contribution in [1.29, 1.82) is 5.41 Å². The zero-order valence-electron chi connectivity index (χ0n) is 11.5. The van der Waals surface area contributed by atoms with E-state index in [-0.39, 0.29) is 11.1 Å². The second-order valence-electron chi connectivity index (χ2n) is 4.71.